The molecule has 1 aromatic rings. The Balaban J connectivity index is 1.82. The zero-order valence-corrected chi connectivity index (χ0v) is 13.4. The predicted molar refractivity (Wildman–Crippen MR) is 84.2 cm³/mol. The molecule has 1 amide bonds. The highest BCUT2D eigenvalue weighted by Crippen LogP contribution is 2.41. The van der Waals surface area contributed by atoms with Crippen LogP contribution in [0.4, 0.5) is 0 Å². The number of amides is 1. The molecule has 1 fully saturated rings. The molecule has 0 spiro atoms. The highest BCUT2D eigenvalue weighted by molar-refractivity contribution is 8.00. The van der Waals surface area contributed by atoms with Gasteiger partial charge in [0.25, 0.3) is 0 Å². The Morgan fingerprint density at radius 2 is 2.40 bits per heavy atom. The number of piperidine rings is 1. The summed E-state index contributed by atoms with van der Waals surface area (Å²) in [6.07, 6.45) is 3.25. The molecule has 20 heavy (non-hydrogen) atoms. The first kappa shape index (κ1) is 14.4. The molecule has 1 saturated heterocycles. The number of nitrogens with zero attached hydrogens (tertiary/aromatic N) is 1. The summed E-state index contributed by atoms with van der Waals surface area (Å²) in [5.74, 6) is 1.63. The predicted octanol–water partition coefficient (Wildman–Crippen LogP) is 2.70. The lowest BCUT2D eigenvalue weighted by atomic mass is 9.90. The standard InChI is InChI=1S/C15H21NO2S2/c1-10-3-2-6-16(12(10)9-17)15(18)14-11-4-7-19-13(11)5-8-20-14/h4,7,10,12,14,17H,2-3,5-6,8-9H2,1H3. The first-order valence-electron chi connectivity index (χ1n) is 7.31. The van der Waals surface area contributed by atoms with Gasteiger partial charge in [-0.05, 0) is 47.9 Å². The molecule has 0 radical (unpaired) electrons. The number of hydrogen-bond donors (Lipinski definition) is 1. The number of aliphatic hydroxyl groups excluding tert-OH is 1. The van der Waals surface area contributed by atoms with Crippen molar-refractivity contribution in [3.05, 3.63) is 21.9 Å². The quantitative estimate of drug-likeness (QED) is 0.913. The Morgan fingerprint density at radius 3 is 3.20 bits per heavy atom. The monoisotopic (exact) mass is 311 g/mol. The summed E-state index contributed by atoms with van der Waals surface area (Å²) in [6, 6.07) is 2.11. The molecule has 3 rings (SSSR count). The summed E-state index contributed by atoms with van der Waals surface area (Å²) in [7, 11) is 0. The smallest absolute Gasteiger partial charge is 0.240 e. The van der Waals surface area contributed by atoms with Crippen LogP contribution in [0.1, 0.15) is 35.5 Å². The van der Waals surface area contributed by atoms with Crippen LogP contribution in [0.15, 0.2) is 11.4 Å². The van der Waals surface area contributed by atoms with E-state index in [2.05, 4.69) is 18.4 Å². The van der Waals surface area contributed by atoms with E-state index in [9.17, 15) is 9.90 Å². The highest BCUT2D eigenvalue weighted by atomic mass is 32.2. The van der Waals surface area contributed by atoms with E-state index in [1.807, 2.05) is 4.90 Å². The lowest BCUT2D eigenvalue weighted by Crippen LogP contribution is -2.51. The van der Waals surface area contributed by atoms with Crippen LogP contribution < -0.4 is 0 Å². The maximum absolute atomic E-state index is 12.9. The van der Waals surface area contributed by atoms with E-state index in [1.54, 1.807) is 23.1 Å². The summed E-state index contributed by atoms with van der Waals surface area (Å²) in [5, 5.41) is 11.7. The lowest BCUT2D eigenvalue weighted by Gasteiger charge is -2.41. The number of carbonyl (C=O) groups is 1. The zero-order valence-electron chi connectivity index (χ0n) is 11.7. The second kappa shape index (κ2) is 6.08. The Kier molecular flexibility index (Phi) is 4.38. The van der Waals surface area contributed by atoms with Gasteiger partial charge < -0.3 is 10.0 Å². The Morgan fingerprint density at radius 1 is 1.55 bits per heavy atom. The Hall–Kier alpha value is -0.520. The van der Waals surface area contributed by atoms with Crippen LogP contribution in [0, 0.1) is 5.92 Å². The third-order valence-electron chi connectivity index (χ3n) is 4.49. The van der Waals surface area contributed by atoms with Crippen molar-refractivity contribution < 1.29 is 9.90 Å². The molecule has 1 aromatic heterocycles. The van der Waals surface area contributed by atoms with Gasteiger partial charge in [-0.3, -0.25) is 4.79 Å². The molecule has 2 aliphatic rings. The van der Waals surface area contributed by atoms with Gasteiger partial charge in [-0.15, -0.1) is 23.1 Å². The fourth-order valence-electron chi connectivity index (χ4n) is 3.30. The number of rotatable bonds is 2. The minimum absolute atomic E-state index is 0.000798. The average molecular weight is 311 g/mol. The number of hydrogen-bond acceptors (Lipinski definition) is 4. The minimum atomic E-state index is -0.0515. The van der Waals surface area contributed by atoms with Crippen molar-refractivity contribution in [2.45, 2.75) is 37.5 Å². The van der Waals surface area contributed by atoms with E-state index >= 15 is 0 Å². The number of thiophene rings is 1. The van der Waals surface area contributed by atoms with E-state index in [1.165, 1.54) is 10.4 Å². The Bertz CT molecular complexity index is 488. The van der Waals surface area contributed by atoms with Gasteiger partial charge in [0, 0.05) is 11.4 Å². The summed E-state index contributed by atoms with van der Waals surface area (Å²) >= 11 is 3.53. The summed E-state index contributed by atoms with van der Waals surface area (Å²) in [5.41, 5.74) is 1.21. The van der Waals surface area contributed by atoms with Gasteiger partial charge in [0.05, 0.1) is 12.6 Å². The molecule has 3 nitrogen and oxygen atoms in total. The minimum Gasteiger partial charge on any atom is -0.394 e. The number of thioether (sulfide) groups is 1. The lowest BCUT2D eigenvalue weighted by molar-refractivity contribution is -0.137. The van der Waals surface area contributed by atoms with Crippen LogP contribution in [0.25, 0.3) is 0 Å². The van der Waals surface area contributed by atoms with Gasteiger partial charge in [-0.25, -0.2) is 0 Å². The molecule has 3 atom stereocenters. The van der Waals surface area contributed by atoms with E-state index < -0.39 is 0 Å². The second-order valence-electron chi connectivity index (χ2n) is 5.70. The molecule has 110 valence electrons. The largest absolute Gasteiger partial charge is 0.394 e. The molecule has 0 aromatic carbocycles. The van der Waals surface area contributed by atoms with Gasteiger partial charge in [-0.2, -0.15) is 0 Å². The summed E-state index contributed by atoms with van der Waals surface area (Å²) in [6.45, 7) is 3.02. The summed E-state index contributed by atoms with van der Waals surface area (Å²) < 4.78 is 0. The van der Waals surface area contributed by atoms with E-state index in [-0.39, 0.29) is 23.8 Å². The molecule has 3 unspecified atom stereocenters. The SMILES string of the molecule is CC1CCCN(C(=O)C2SCCc3sccc32)C1CO. The third-order valence-corrected chi connectivity index (χ3v) is 6.71. The van der Waals surface area contributed by atoms with Crippen molar-refractivity contribution in [1.82, 2.24) is 4.90 Å². The molecule has 0 saturated carbocycles. The second-order valence-corrected chi connectivity index (χ2v) is 7.91. The van der Waals surface area contributed by atoms with E-state index in [0.717, 1.165) is 31.6 Å². The molecule has 2 aliphatic heterocycles. The van der Waals surface area contributed by atoms with Crippen molar-refractivity contribution in [3.63, 3.8) is 0 Å². The first-order valence-corrected chi connectivity index (χ1v) is 9.24. The maximum Gasteiger partial charge on any atom is 0.240 e. The van der Waals surface area contributed by atoms with E-state index in [4.69, 9.17) is 0 Å². The molecule has 0 aliphatic carbocycles. The molecular weight excluding hydrogens is 290 g/mol. The molecule has 0 bridgehead atoms. The number of likely N-dealkylation sites (tertiary alicyclic amines) is 1. The van der Waals surface area contributed by atoms with Crippen molar-refractivity contribution in [3.8, 4) is 0 Å². The molecule has 3 heterocycles. The fraction of sp³-hybridized carbons (Fsp3) is 0.667. The number of aryl methyl sites for hydroxylation is 1. The topological polar surface area (TPSA) is 40.5 Å². The van der Waals surface area contributed by atoms with Crippen LogP contribution in [-0.2, 0) is 11.2 Å². The van der Waals surface area contributed by atoms with Crippen molar-refractivity contribution in [1.29, 1.82) is 0 Å². The van der Waals surface area contributed by atoms with Crippen LogP contribution in [0.3, 0.4) is 0 Å². The maximum atomic E-state index is 12.9. The van der Waals surface area contributed by atoms with Crippen LogP contribution in [0.5, 0.6) is 0 Å². The van der Waals surface area contributed by atoms with Crippen LogP contribution >= 0.6 is 23.1 Å². The highest BCUT2D eigenvalue weighted by Gasteiger charge is 2.37. The number of fused-ring (bicyclic) bond motifs is 1. The van der Waals surface area contributed by atoms with Gasteiger partial charge in [0.2, 0.25) is 5.91 Å². The number of carbonyl (C=O) groups excluding carboxylic acids is 1. The van der Waals surface area contributed by atoms with Gasteiger partial charge in [0.1, 0.15) is 5.25 Å². The van der Waals surface area contributed by atoms with Gasteiger partial charge >= 0.3 is 0 Å². The zero-order chi connectivity index (χ0) is 14.1. The summed E-state index contributed by atoms with van der Waals surface area (Å²) in [4.78, 5) is 16.2. The van der Waals surface area contributed by atoms with Crippen molar-refractivity contribution in [2.75, 3.05) is 18.9 Å². The average Bonchev–Trinajstić information content (AvgIpc) is 2.94. The van der Waals surface area contributed by atoms with Crippen LogP contribution in [-0.4, -0.2) is 40.9 Å². The normalized spacial score (nSPS) is 30.1. The molecule has 1 N–H and O–H groups in total. The third kappa shape index (κ3) is 2.51. The Labute approximate surface area is 128 Å². The molecular formula is C15H21NO2S2. The van der Waals surface area contributed by atoms with E-state index in [0.29, 0.717) is 5.92 Å². The first-order chi connectivity index (χ1) is 9.72. The van der Waals surface area contributed by atoms with Gasteiger partial charge in [-0.1, -0.05) is 6.92 Å². The molecule has 5 heteroatoms. The van der Waals surface area contributed by atoms with Gasteiger partial charge in [0.15, 0.2) is 0 Å². The van der Waals surface area contributed by atoms with Crippen LogP contribution in [0.2, 0.25) is 0 Å². The van der Waals surface area contributed by atoms with Crippen molar-refractivity contribution in [2.24, 2.45) is 5.92 Å². The van der Waals surface area contributed by atoms with Crippen molar-refractivity contribution >= 4 is 29.0 Å². The fourth-order valence-corrected chi connectivity index (χ4v) is 5.66. The number of aliphatic hydroxyl groups is 1.